The molecule has 0 saturated carbocycles. The fraction of sp³-hybridized carbons (Fsp3) is 0.381. The maximum Gasteiger partial charge on any atom is 0.244 e. The molecule has 0 saturated heterocycles. The minimum Gasteiger partial charge on any atom is -0.497 e. The van der Waals surface area contributed by atoms with Gasteiger partial charge in [0.2, 0.25) is 15.9 Å². The number of nitrogens with zero attached hydrogens (tertiary/aromatic N) is 1. The molecule has 0 spiro atoms. The lowest BCUT2D eigenvalue weighted by Crippen LogP contribution is -2.49. The van der Waals surface area contributed by atoms with Crippen LogP contribution in [-0.2, 0) is 14.8 Å². The summed E-state index contributed by atoms with van der Waals surface area (Å²) in [5.74, 6) is 0.708. The average molecular weight is 489 g/mol. The summed E-state index contributed by atoms with van der Waals surface area (Å²) < 4.78 is 36.9. The summed E-state index contributed by atoms with van der Waals surface area (Å²) >= 11 is 12.1. The molecule has 2 atom stereocenters. The zero-order valence-corrected chi connectivity index (χ0v) is 20.3. The molecular weight excluding hydrogens is 463 g/mol. The molecule has 2 rings (SSSR count). The van der Waals surface area contributed by atoms with Crippen molar-refractivity contribution in [2.45, 2.75) is 32.4 Å². The molecule has 0 bridgehead atoms. The number of nitrogens with one attached hydrogen (secondary N) is 1. The smallest absolute Gasteiger partial charge is 0.244 e. The Labute approximate surface area is 193 Å². The molecule has 1 amide bonds. The standard InChI is InChI=1S/C21H26Cl2N2O5S/c1-6-19(25(31(5,27)28)16-10-14(22)9-15(23)11-16)21(26)24-13(2)18-12-17(29-3)7-8-20(18)30-4/h7-13,19H,6H2,1-5H3,(H,24,26). The second-order valence-corrected chi connectivity index (χ2v) is 9.68. The Kier molecular flexibility index (Phi) is 8.45. The molecule has 7 nitrogen and oxygen atoms in total. The van der Waals surface area contributed by atoms with Crippen LogP contribution in [0.4, 0.5) is 5.69 Å². The zero-order valence-electron chi connectivity index (χ0n) is 18.0. The predicted octanol–water partition coefficient (Wildman–Crippen LogP) is 4.43. The molecular formula is C21H26Cl2N2O5S. The number of benzene rings is 2. The quantitative estimate of drug-likeness (QED) is 0.563. The molecule has 0 fully saturated rings. The van der Waals surface area contributed by atoms with E-state index in [1.165, 1.54) is 25.3 Å². The summed E-state index contributed by atoms with van der Waals surface area (Å²) in [5.41, 5.74) is 0.912. The highest BCUT2D eigenvalue weighted by atomic mass is 35.5. The van der Waals surface area contributed by atoms with E-state index in [0.29, 0.717) is 17.1 Å². The Morgan fingerprint density at radius 2 is 1.71 bits per heavy atom. The number of carbonyl (C=O) groups excluding carboxylic acids is 1. The number of hydrogen-bond acceptors (Lipinski definition) is 5. The van der Waals surface area contributed by atoms with Crippen molar-refractivity contribution in [2.75, 3.05) is 24.8 Å². The van der Waals surface area contributed by atoms with Gasteiger partial charge in [0.05, 0.1) is 32.2 Å². The Bertz CT molecular complexity index is 1030. The van der Waals surface area contributed by atoms with Crippen LogP contribution in [-0.4, -0.2) is 40.8 Å². The van der Waals surface area contributed by atoms with Crippen molar-refractivity contribution in [3.8, 4) is 11.5 Å². The average Bonchev–Trinajstić information content (AvgIpc) is 2.69. The first-order chi connectivity index (χ1) is 14.5. The van der Waals surface area contributed by atoms with E-state index in [-0.39, 0.29) is 22.2 Å². The number of ether oxygens (including phenoxy) is 2. The van der Waals surface area contributed by atoms with Gasteiger partial charge in [0.25, 0.3) is 0 Å². The van der Waals surface area contributed by atoms with Crippen LogP contribution >= 0.6 is 23.2 Å². The van der Waals surface area contributed by atoms with E-state index in [4.69, 9.17) is 32.7 Å². The summed E-state index contributed by atoms with van der Waals surface area (Å²) in [7, 11) is -0.747. The van der Waals surface area contributed by atoms with Gasteiger partial charge >= 0.3 is 0 Å². The van der Waals surface area contributed by atoms with E-state index < -0.39 is 28.0 Å². The van der Waals surface area contributed by atoms with Gasteiger partial charge in [-0.15, -0.1) is 0 Å². The molecule has 31 heavy (non-hydrogen) atoms. The summed E-state index contributed by atoms with van der Waals surface area (Å²) in [5, 5.41) is 3.41. The zero-order chi connectivity index (χ0) is 23.3. The van der Waals surface area contributed by atoms with Gasteiger partial charge in [-0.3, -0.25) is 9.10 Å². The highest BCUT2D eigenvalue weighted by molar-refractivity contribution is 7.92. The van der Waals surface area contributed by atoms with Crippen LogP contribution in [0.25, 0.3) is 0 Å². The third kappa shape index (κ3) is 6.18. The number of methoxy groups -OCH3 is 2. The summed E-state index contributed by atoms with van der Waals surface area (Å²) in [6.07, 6.45) is 1.26. The Morgan fingerprint density at radius 3 is 2.19 bits per heavy atom. The van der Waals surface area contributed by atoms with Crippen molar-refractivity contribution < 1.29 is 22.7 Å². The van der Waals surface area contributed by atoms with Crippen LogP contribution in [0.3, 0.4) is 0 Å². The number of hydrogen-bond donors (Lipinski definition) is 1. The first kappa shape index (κ1) is 25.1. The van der Waals surface area contributed by atoms with Crippen molar-refractivity contribution in [1.82, 2.24) is 5.32 Å². The summed E-state index contributed by atoms with van der Waals surface area (Å²) in [6.45, 7) is 3.51. The highest BCUT2D eigenvalue weighted by Gasteiger charge is 2.33. The minimum atomic E-state index is -3.82. The second kappa shape index (κ2) is 10.4. The molecule has 170 valence electrons. The van der Waals surface area contributed by atoms with E-state index in [0.717, 1.165) is 10.6 Å². The summed E-state index contributed by atoms with van der Waals surface area (Å²) in [4.78, 5) is 13.2. The Morgan fingerprint density at radius 1 is 1.10 bits per heavy atom. The van der Waals surface area contributed by atoms with E-state index in [9.17, 15) is 13.2 Å². The van der Waals surface area contributed by atoms with Gasteiger partial charge in [-0.2, -0.15) is 0 Å². The molecule has 0 radical (unpaired) electrons. The van der Waals surface area contributed by atoms with Gasteiger partial charge in [0.1, 0.15) is 17.5 Å². The van der Waals surface area contributed by atoms with Crippen LogP contribution in [0.15, 0.2) is 36.4 Å². The molecule has 2 aromatic carbocycles. The maximum absolute atomic E-state index is 13.2. The van der Waals surface area contributed by atoms with E-state index in [1.54, 1.807) is 39.2 Å². The van der Waals surface area contributed by atoms with Crippen LogP contribution in [0.5, 0.6) is 11.5 Å². The van der Waals surface area contributed by atoms with Crippen molar-refractivity contribution in [3.05, 3.63) is 52.0 Å². The number of carbonyl (C=O) groups is 1. The number of sulfonamides is 1. The highest BCUT2D eigenvalue weighted by Crippen LogP contribution is 2.31. The van der Waals surface area contributed by atoms with Crippen molar-refractivity contribution >= 4 is 44.8 Å². The molecule has 0 heterocycles. The molecule has 2 aromatic rings. The minimum absolute atomic E-state index is 0.216. The van der Waals surface area contributed by atoms with E-state index in [2.05, 4.69) is 5.32 Å². The van der Waals surface area contributed by atoms with Gasteiger partial charge in [-0.05, 0) is 49.7 Å². The Hall–Kier alpha value is -2.16. The molecule has 0 aliphatic rings. The van der Waals surface area contributed by atoms with Gasteiger partial charge in [0.15, 0.2) is 0 Å². The van der Waals surface area contributed by atoms with Crippen molar-refractivity contribution in [2.24, 2.45) is 0 Å². The van der Waals surface area contributed by atoms with Crippen LogP contribution in [0.2, 0.25) is 10.0 Å². The van der Waals surface area contributed by atoms with Gasteiger partial charge in [-0.1, -0.05) is 30.1 Å². The fourth-order valence-corrected chi connectivity index (χ4v) is 5.00. The van der Waals surface area contributed by atoms with E-state index >= 15 is 0 Å². The lowest BCUT2D eigenvalue weighted by molar-refractivity contribution is -0.122. The van der Waals surface area contributed by atoms with Gasteiger partial charge < -0.3 is 14.8 Å². The number of amides is 1. The third-order valence-corrected chi connectivity index (χ3v) is 6.31. The first-order valence-electron chi connectivity index (χ1n) is 9.49. The maximum atomic E-state index is 13.2. The number of halogens is 2. The predicted molar refractivity (Wildman–Crippen MR) is 124 cm³/mol. The second-order valence-electron chi connectivity index (χ2n) is 6.95. The molecule has 1 N–H and O–H groups in total. The molecule has 0 aromatic heterocycles. The lowest BCUT2D eigenvalue weighted by Gasteiger charge is -2.31. The largest absolute Gasteiger partial charge is 0.497 e. The topological polar surface area (TPSA) is 84.9 Å². The van der Waals surface area contributed by atoms with Crippen LogP contribution in [0, 0.1) is 0 Å². The first-order valence-corrected chi connectivity index (χ1v) is 12.1. The fourth-order valence-electron chi connectivity index (χ4n) is 3.29. The van der Waals surface area contributed by atoms with Crippen molar-refractivity contribution in [3.63, 3.8) is 0 Å². The van der Waals surface area contributed by atoms with Crippen LogP contribution < -0.4 is 19.1 Å². The normalized spacial score (nSPS) is 13.3. The SMILES string of the molecule is CCC(C(=O)NC(C)c1cc(OC)ccc1OC)N(c1cc(Cl)cc(Cl)c1)S(C)(=O)=O. The Balaban J connectivity index is 2.40. The monoisotopic (exact) mass is 488 g/mol. The molecule has 0 aliphatic heterocycles. The summed E-state index contributed by atoms with van der Waals surface area (Å²) in [6, 6.07) is 8.17. The van der Waals surface area contributed by atoms with E-state index in [1.807, 2.05) is 0 Å². The van der Waals surface area contributed by atoms with Crippen LogP contribution in [0.1, 0.15) is 31.9 Å². The number of anilines is 1. The van der Waals surface area contributed by atoms with Gasteiger partial charge in [0, 0.05) is 15.6 Å². The lowest BCUT2D eigenvalue weighted by atomic mass is 10.1. The van der Waals surface area contributed by atoms with Crippen molar-refractivity contribution in [1.29, 1.82) is 0 Å². The number of rotatable bonds is 9. The molecule has 10 heteroatoms. The third-order valence-electron chi connectivity index (χ3n) is 4.69. The molecule has 0 aliphatic carbocycles. The molecule has 2 unspecified atom stereocenters. The van der Waals surface area contributed by atoms with Gasteiger partial charge in [-0.25, -0.2) is 8.42 Å².